The third-order valence-electron chi connectivity index (χ3n) is 3.60. The lowest BCUT2D eigenvalue weighted by Gasteiger charge is -2.22. The van der Waals surface area contributed by atoms with Crippen molar-refractivity contribution in [3.63, 3.8) is 0 Å². The van der Waals surface area contributed by atoms with Gasteiger partial charge in [0, 0.05) is 7.05 Å². The molecule has 1 aromatic carbocycles. The van der Waals surface area contributed by atoms with Crippen LogP contribution < -0.4 is 4.74 Å². The number of benzene rings is 1. The van der Waals surface area contributed by atoms with Crippen molar-refractivity contribution in [3.8, 4) is 5.75 Å². The number of alkyl halides is 2. The van der Waals surface area contributed by atoms with Crippen LogP contribution in [0.1, 0.15) is 13.3 Å². The van der Waals surface area contributed by atoms with Gasteiger partial charge in [-0.15, -0.1) is 23.2 Å². The third-order valence-corrected chi connectivity index (χ3v) is 4.70. The van der Waals surface area contributed by atoms with Crippen LogP contribution in [0.3, 0.4) is 0 Å². The van der Waals surface area contributed by atoms with E-state index in [9.17, 15) is 9.18 Å². The molecule has 1 aromatic rings. The topological polar surface area (TPSA) is 29.5 Å². The molecular weight excluding hydrogens is 304 g/mol. The minimum Gasteiger partial charge on any atom is -0.489 e. The number of carbonyl (C=O) groups is 1. The number of hydrogen-bond donors (Lipinski definition) is 0. The number of rotatable bonds is 5. The SMILES string of the molecule is CN(CCOc1ccccc1F)C(=O)C1(C)CC1(Cl)Cl. The van der Waals surface area contributed by atoms with E-state index in [4.69, 9.17) is 27.9 Å². The first kappa shape index (κ1) is 15.4. The van der Waals surface area contributed by atoms with E-state index in [1.807, 2.05) is 0 Å². The van der Waals surface area contributed by atoms with Crippen molar-refractivity contribution in [2.24, 2.45) is 5.41 Å². The van der Waals surface area contributed by atoms with Crippen LogP contribution in [0.2, 0.25) is 0 Å². The Morgan fingerprint density at radius 1 is 1.45 bits per heavy atom. The Hall–Kier alpha value is -1.00. The van der Waals surface area contributed by atoms with Gasteiger partial charge in [0.05, 0.1) is 12.0 Å². The smallest absolute Gasteiger partial charge is 0.231 e. The second kappa shape index (κ2) is 5.41. The first-order valence-corrected chi connectivity index (χ1v) is 7.04. The Bertz CT molecular complexity index is 524. The summed E-state index contributed by atoms with van der Waals surface area (Å²) in [7, 11) is 1.65. The van der Waals surface area contributed by atoms with E-state index in [2.05, 4.69) is 0 Å². The summed E-state index contributed by atoms with van der Waals surface area (Å²) < 4.78 is 17.7. The van der Waals surface area contributed by atoms with Gasteiger partial charge in [-0.1, -0.05) is 12.1 Å². The third kappa shape index (κ3) is 2.86. The number of nitrogens with zero attached hydrogens (tertiary/aromatic N) is 1. The van der Waals surface area contributed by atoms with Crippen LogP contribution in [-0.4, -0.2) is 35.3 Å². The first-order valence-electron chi connectivity index (χ1n) is 6.29. The van der Waals surface area contributed by atoms with Crippen LogP contribution in [0.15, 0.2) is 24.3 Å². The molecule has 1 aliphatic carbocycles. The predicted octanol–water partition coefficient (Wildman–Crippen LogP) is 3.25. The van der Waals surface area contributed by atoms with Gasteiger partial charge in [-0.25, -0.2) is 4.39 Å². The monoisotopic (exact) mass is 319 g/mol. The van der Waals surface area contributed by atoms with Crippen LogP contribution >= 0.6 is 23.2 Å². The zero-order valence-corrected chi connectivity index (χ0v) is 12.8. The Morgan fingerprint density at radius 2 is 2.05 bits per heavy atom. The van der Waals surface area contributed by atoms with Crippen molar-refractivity contribution in [1.82, 2.24) is 4.90 Å². The van der Waals surface area contributed by atoms with Gasteiger partial charge in [0.1, 0.15) is 10.9 Å². The fraction of sp³-hybridized carbons (Fsp3) is 0.500. The molecule has 1 saturated carbocycles. The molecule has 0 aromatic heterocycles. The molecule has 3 nitrogen and oxygen atoms in total. The Labute approximate surface area is 127 Å². The number of hydrogen-bond acceptors (Lipinski definition) is 2. The van der Waals surface area contributed by atoms with Gasteiger partial charge < -0.3 is 9.64 Å². The second-order valence-electron chi connectivity index (χ2n) is 5.22. The molecule has 1 amide bonds. The maximum atomic E-state index is 13.3. The van der Waals surface area contributed by atoms with Gasteiger partial charge in [0.15, 0.2) is 11.6 Å². The lowest BCUT2D eigenvalue weighted by atomic mass is 10.1. The molecule has 0 N–H and O–H groups in total. The molecule has 2 rings (SSSR count). The highest BCUT2D eigenvalue weighted by Gasteiger charge is 2.68. The molecule has 0 aliphatic heterocycles. The number of ether oxygens (including phenoxy) is 1. The minimum atomic E-state index is -0.981. The molecule has 0 spiro atoms. The summed E-state index contributed by atoms with van der Waals surface area (Å²) in [4.78, 5) is 13.7. The molecule has 1 fully saturated rings. The second-order valence-corrected chi connectivity index (χ2v) is 6.70. The maximum Gasteiger partial charge on any atom is 0.231 e. The molecule has 0 bridgehead atoms. The van der Waals surface area contributed by atoms with Crippen molar-refractivity contribution in [2.45, 2.75) is 17.7 Å². The fourth-order valence-electron chi connectivity index (χ4n) is 2.01. The van der Waals surface area contributed by atoms with E-state index >= 15 is 0 Å². The highest BCUT2D eigenvalue weighted by atomic mass is 35.5. The lowest BCUT2D eigenvalue weighted by molar-refractivity contribution is -0.135. The van der Waals surface area contributed by atoms with Gasteiger partial charge in [0.2, 0.25) is 5.91 Å². The molecule has 110 valence electrons. The maximum absolute atomic E-state index is 13.3. The summed E-state index contributed by atoms with van der Waals surface area (Å²) in [5.41, 5.74) is -0.733. The Balaban J connectivity index is 1.83. The Morgan fingerprint density at radius 3 is 2.60 bits per heavy atom. The number of para-hydroxylation sites is 1. The van der Waals surface area contributed by atoms with Gasteiger partial charge in [-0.2, -0.15) is 0 Å². The molecule has 20 heavy (non-hydrogen) atoms. The molecule has 6 heteroatoms. The summed E-state index contributed by atoms with van der Waals surface area (Å²) in [6, 6.07) is 6.15. The first-order chi connectivity index (χ1) is 9.28. The van der Waals surface area contributed by atoms with Gasteiger partial charge in [0.25, 0.3) is 0 Å². The largest absolute Gasteiger partial charge is 0.489 e. The summed E-state index contributed by atoms with van der Waals surface area (Å²) in [5, 5.41) is 0. The van der Waals surface area contributed by atoms with Gasteiger partial charge >= 0.3 is 0 Å². The fourth-order valence-corrected chi connectivity index (χ4v) is 2.71. The van der Waals surface area contributed by atoms with Gasteiger partial charge in [-0.05, 0) is 25.5 Å². The summed E-state index contributed by atoms with van der Waals surface area (Å²) in [6.45, 7) is 2.28. The van der Waals surface area contributed by atoms with Crippen LogP contribution in [0, 0.1) is 11.2 Å². The van der Waals surface area contributed by atoms with Gasteiger partial charge in [-0.3, -0.25) is 4.79 Å². The standard InChI is InChI=1S/C14H16Cl2FNO2/c1-13(9-14(13,15)16)12(19)18(2)7-8-20-11-6-4-3-5-10(11)17/h3-6H,7-9H2,1-2H3. The highest BCUT2D eigenvalue weighted by Crippen LogP contribution is 2.64. The predicted molar refractivity (Wildman–Crippen MR) is 76.7 cm³/mol. The highest BCUT2D eigenvalue weighted by molar-refractivity contribution is 6.53. The number of carbonyl (C=O) groups excluding carboxylic acids is 1. The van der Waals surface area contributed by atoms with Crippen molar-refractivity contribution in [3.05, 3.63) is 30.1 Å². The van der Waals surface area contributed by atoms with Crippen LogP contribution in [-0.2, 0) is 4.79 Å². The zero-order chi connectivity index (χ0) is 15.0. The van der Waals surface area contributed by atoms with E-state index in [1.165, 1.54) is 11.0 Å². The van der Waals surface area contributed by atoms with E-state index in [-0.39, 0.29) is 18.3 Å². The lowest BCUT2D eigenvalue weighted by Crippen LogP contribution is -2.37. The summed E-state index contributed by atoms with van der Waals surface area (Å²) in [5.74, 6) is -0.370. The van der Waals surface area contributed by atoms with Crippen molar-refractivity contribution >= 4 is 29.1 Å². The normalized spacial score (nSPS) is 23.2. The summed E-state index contributed by atoms with van der Waals surface area (Å²) in [6.07, 6.45) is 0.445. The quantitative estimate of drug-likeness (QED) is 0.780. The molecule has 1 aliphatic rings. The van der Waals surface area contributed by atoms with Crippen molar-refractivity contribution in [1.29, 1.82) is 0 Å². The number of amides is 1. The molecule has 1 unspecified atom stereocenters. The number of likely N-dealkylation sites (N-methyl/N-ethyl adjacent to an activating group) is 1. The molecule has 1 atom stereocenters. The molecular formula is C14H16Cl2FNO2. The summed E-state index contributed by atoms with van der Waals surface area (Å²) >= 11 is 12.0. The van der Waals surface area contributed by atoms with E-state index in [0.717, 1.165) is 0 Å². The average molecular weight is 320 g/mol. The molecule has 0 saturated heterocycles. The van der Waals surface area contributed by atoms with Crippen LogP contribution in [0.25, 0.3) is 0 Å². The molecule has 0 radical (unpaired) electrons. The minimum absolute atomic E-state index is 0.125. The Kier molecular flexibility index (Phi) is 4.17. The number of halogens is 3. The van der Waals surface area contributed by atoms with E-state index in [0.29, 0.717) is 13.0 Å². The average Bonchev–Trinajstić information content (AvgIpc) is 2.91. The van der Waals surface area contributed by atoms with E-state index in [1.54, 1.807) is 32.2 Å². The van der Waals surface area contributed by atoms with Crippen molar-refractivity contribution < 1.29 is 13.9 Å². The zero-order valence-electron chi connectivity index (χ0n) is 11.3. The van der Waals surface area contributed by atoms with E-state index < -0.39 is 15.6 Å². The van der Waals surface area contributed by atoms with Crippen molar-refractivity contribution in [2.75, 3.05) is 20.2 Å². The molecule has 0 heterocycles. The van der Waals surface area contributed by atoms with Crippen LogP contribution in [0.4, 0.5) is 4.39 Å². The van der Waals surface area contributed by atoms with Crippen LogP contribution in [0.5, 0.6) is 5.75 Å².